The van der Waals surface area contributed by atoms with Gasteiger partial charge in [-0.05, 0) is 54.4 Å². The molecule has 0 unspecified atom stereocenters. The van der Waals surface area contributed by atoms with Gasteiger partial charge in [0, 0.05) is 33.8 Å². The van der Waals surface area contributed by atoms with Crippen molar-refractivity contribution < 1.29 is 0 Å². The summed E-state index contributed by atoms with van der Waals surface area (Å²) in [7, 11) is 0. The Morgan fingerprint density at radius 2 is 2.16 bits per heavy atom. The van der Waals surface area contributed by atoms with Crippen molar-refractivity contribution in [3.8, 4) is 0 Å². The first-order valence-electron chi connectivity index (χ1n) is 6.20. The van der Waals surface area contributed by atoms with Crippen molar-refractivity contribution in [1.29, 1.82) is 0 Å². The molecule has 1 heterocycles. The quantitative estimate of drug-likeness (QED) is 0.865. The molecule has 1 aromatic heterocycles. The number of nitrogens with one attached hydrogen (secondary N) is 1. The number of rotatable bonds is 4. The van der Waals surface area contributed by atoms with E-state index in [2.05, 4.69) is 46.4 Å². The van der Waals surface area contributed by atoms with Crippen LogP contribution in [0.15, 0.2) is 29.0 Å². The standard InChI is InChI=1S/C14H17BrClN3/c1-9(2)19-8-11(7-18-19)6-17-14-5-13(16)10(3)4-12(14)15/h4-5,7-9,17H,6H2,1-3H3. The molecule has 0 bridgehead atoms. The van der Waals surface area contributed by atoms with Crippen LogP contribution in [0.25, 0.3) is 0 Å². The zero-order valence-corrected chi connectivity index (χ0v) is 13.6. The average Bonchev–Trinajstić information content (AvgIpc) is 2.81. The second-order valence-electron chi connectivity index (χ2n) is 4.86. The fraction of sp³-hybridized carbons (Fsp3) is 0.357. The topological polar surface area (TPSA) is 29.9 Å². The van der Waals surface area contributed by atoms with E-state index < -0.39 is 0 Å². The summed E-state index contributed by atoms with van der Waals surface area (Å²) < 4.78 is 2.97. The lowest BCUT2D eigenvalue weighted by Gasteiger charge is -2.09. The molecule has 19 heavy (non-hydrogen) atoms. The number of halogens is 2. The van der Waals surface area contributed by atoms with Crippen LogP contribution in [0.5, 0.6) is 0 Å². The molecular formula is C14H17BrClN3. The number of hydrogen-bond acceptors (Lipinski definition) is 2. The normalized spacial score (nSPS) is 11.1. The molecule has 0 saturated heterocycles. The van der Waals surface area contributed by atoms with Crippen molar-refractivity contribution in [2.45, 2.75) is 33.4 Å². The van der Waals surface area contributed by atoms with E-state index in [0.717, 1.165) is 32.9 Å². The third-order valence-electron chi connectivity index (χ3n) is 2.92. The molecule has 0 spiro atoms. The van der Waals surface area contributed by atoms with E-state index in [-0.39, 0.29) is 0 Å². The van der Waals surface area contributed by atoms with Crippen LogP contribution in [0.4, 0.5) is 5.69 Å². The summed E-state index contributed by atoms with van der Waals surface area (Å²) in [5.74, 6) is 0. The van der Waals surface area contributed by atoms with E-state index in [1.54, 1.807) is 0 Å². The Bertz CT molecular complexity index is 578. The van der Waals surface area contributed by atoms with Crippen LogP contribution in [0, 0.1) is 6.92 Å². The monoisotopic (exact) mass is 341 g/mol. The van der Waals surface area contributed by atoms with Crippen molar-refractivity contribution in [2.75, 3.05) is 5.32 Å². The predicted octanol–water partition coefficient (Wildman–Crippen LogP) is 4.80. The predicted molar refractivity (Wildman–Crippen MR) is 83.8 cm³/mol. The molecule has 0 aliphatic rings. The SMILES string of the molecule is Cc1cc(Br)c(NCc2cnn(C(C)C)c2)cc1Cl. The Kier molecular flexibility index (Phi) is 4.53. The van der Waals surface area contributed by atoms with Gasteiger partial charge < -0.3 is 5.32 Å². The fourth-order valence-electron chi connectivity index (χ4n) is 1.73. The molecule has 5 heteroatoms. The van der Waals surface area contributed by atoms with Crippen LogP contribution >= 0.6 is 27.5 Å². The Hall–Kier alpha value is -1.000. The second-order valence-corrected chi connectivity index (χ2v) is 6.12. The van der Waals surface area contributed by atoms with Crippen LogP contribution in [-0.4, -0.2) is 9.78 Å². The molecule has 0 radical (unpaired) electrons. The Balaban J connectivity index is 2.07. The smallest absolute Gasteiger partial charge is 0.0539 e. The number of benzene rings is 1. The summed E-state index contributed by atoms with van der Waals surface area (Å²) in [6, 6.07) is 4.34. The summed E-state index contributed by atoms with van der Waals surface area (Å²) in [5, 5.41) is 8.45. The second kappa shape index (κ2) is 5.97. The van der Waals surface area contributed by atoms with Crippen molar-refractivity contribution in [3.05, 3.63) is 45.1 Å². The molecule has 2 rings (SSSR count). The van der Waals surface area contributed by atoms with Gasteiger partial charge in [-0.2, -0.15) is 5.10 Å². The highest BCUT2D eigenvalue weighted by Crippen LogP contribution is 2.29. The average molecular weight is 343 g/mol. The van der Waals surface area contributed by atoms with Gasteiger partial charge in [-0.15, -0.1) is 0 Å². The van der Waals surface area contributed by atoms with Gasteiger partial charge in [0.2, 0.25) is 0 Å². The molecule has 0 atom stereocenters. The number of anilines is 1. The van der Waals surface area contributed by atoms with Gasteiger partial charge in [0.05, 0.1) is 11.9 Å². The molecule has 0 aliphatic heterocycles. The minimum atomic E-state index is 0.384. The summed E-state index contributed by atoms with van der Waals surface area (Å²) in [4.78, 5) is 0. The Labute approximate surface area is 127 Å². The number of hydrogen-bond donors (Lipinski definition) is 1. The molecule has 102 valence electrons. The highest BCUT2D eigenvalue weighted by atomic mass is 79.9. The highest BCUT2D eigenvalue weighted by molar-refractivity contribution is 9.10. The lowest BCUT2D eigenvalue weighted by molar-refractivity contribution is 0.532. The maximum absolute atomic E-state index is 6.14. The molecule has 0 fully saturated rings. The molecule has 2 aromatic rings. The van der Waals surface area contributed by atoms with Gasteiger partial charge in [0.25, 0.3) is 0 Å². The molecule has 1 N–H and O–H groups in total. The summed E-state index contributed by atoms with van der Waals surface area (Å²) in [5.41, 5.74) is 3.21. The van der Waals surface area contributed by atoms with Gasteiger partial charge in [-0.3, -0.25) is 4.68 Å². The number of nitrogens with zero attached hydrogens (tertiary/aromatic N) is 2. The maximum Gasteiger partial charge on any atom is 0.0539 e. The van der Waals surface area contributed by atoms with Crippen molar-refractivity contribution in [3.63, 3.8) is 0 Å². The van der Waals surface area contributed by atoms with E-state index in [9.17, 15) is 0 Å². The zero-order valence-electron chi connectivity index (χ0n) is 11.2. The van der Waals surface area contributed by atoms with Gasteiger partial charge in [0.1, 0.15) is 0 Å². The van der Waals surface area contributed by atoms with E-state index >= 15 is 0 Å². The number of aromatic nitrogens is 2. The largest absolute Gasteiger partial charge is 0.380 e. The van der Waals surface area contributed by atoms with Crippen molar-refractivity contribution in [2.24, 2.45) is 0 Å². The van der Waals surface area contributed by atoms with Gasteiger partial charge in [-0.1, -0.05) is 11.6 Å². The Morgan fingerprint density at radius 1 is 1.42 bits per heavy atom. The third-order valence-corrected chi connectivity index (χ3v) is 3.98. The first-order valence-corrected chi connectivity index (χ1v) is 7.37. The zero-order chi connectivity index (χ0) is 14.0. The first kappa shape index (κ1) is 14.4. The number of aryl methyl sites for hydroxylation is 1. The summed E-state index contributed by atoms with van der Waals surface area (Å²) in [6.07, 6.45) is 3.94. The van der Waals surface area contributed by atoms with Crippen molar-refractivity contribution >= 4 is 33.2 Å². The van der Waals surface area contributed by atoms with Gasteiger partial charge in [-0.25, -0.2) is 0 Å². The highest BCUT2D eigenvalue weighted by Gasteiger charge is 2.06. The van der Waals surface area contributed by atoms with Gasteiger partial charge >= 0.3 is 0 Å². The Morgan fingerprint density at radius 3 is 2.79 bits per heavy atom. The molecule has 0 amide bonds. The lowest BCUT2D eigenvalue weighted by Crippen LogP contribution is -2.01. The third kappa shape index (κ3) is 3.51. The minimum Gasteiger partial charge on any atom is -0.380 e. The molecule has 3 nitrogen and oxygen atoms in total. The fourth-order valence-corrected chi connectivity index (χ4v) is 2.49. The first-order chi connectivity index (χ1) is 8.97. The molecule has 1 aromatic carbocycles. The molecule has 0 aliphatic carbocycles. The molecular weight excluding hydrogens is 326 g/mol. The van der Waals surface area contributed by atoms with Crippen LogP contribution in [0.1, 0.15) is 31.0 Å². The van der Waals surface area contributed by atoms with Crippen LogP contribution in [0.3, 0.4) is 0 Å². The van der Waals surface area contributed by atoms with Crippen LogP contribution in [-0.2, 0) is 6.54 Å². The van der Waals surface area contributed by atoms with E-state index in [1.165, 1.54) is 0 Å². The lowest BCUT2D eigenvalue weighted by atomic mass is 10.2. The van der Waals surface area contributed by atoms with Gasteiger partial charge in [0.15, 0.2) is 0 Å². The van der Waals surface area contributed by atoms with Crippen molar-refractivity contribution in [1.82, 2.24) is 9.78 Å². The van der Waals surface area contributed by atoms with E-state index in [4.69, 9.17) is 11.6 Å². The van der Waals surface area contributed by atoms with E-state index in [1.807, 2.05) is 29.9 Å². The molecule has 0 saturated carbocycles. The maximum atomic E-state index is 6.14. The minimum absolute atomic E-state index is 0.384. The summed E-state index contributed by atoms with van der Waals surface area (Å²) in [6.45, 7) is 6.94. The van der Waals surface area contributed by atoms with Crippen LogP contribution in [0.2, 0.25) is 5.02 Å². The summed E-state index contributed by atoms with van der Waals surface area (Å²) >= 11 is 9.68. The van der Waals surface area contributed by atoms with Crippen LogP contribution < -0.4 is 5.32 Å². The van der Waals surface area contributed by atoms with E-state index in [0.29, 0.717) is 6.04 Å².